The van der Waals surface area contributed by atoms with Crippen LogP contribution < -0.4 is 0 Å². The molecule has 0 aliphatic carbocycles. The summed E-state index contributed by atoms with van der Waals surface area (Å²) in [5, 5.41) is 0. The van der Waals surface area contributed by atoms with Crippen molar-refractivity contribution in [2.24, 2.45) is 0 Å². The lowest BCUT2D eigenvalue weighted by atomic mass is 10.1. The number of rotatable bonds is 16. The summed E-state index contributed by atoms with van der Waals surface area (Å²) in [7, 11) is -2.55. The van der Waals surface area contributed by atoms with Crippen LogP contribution in [0, 0.1) is 0 Å². The predicted octanol–water partition coefficient (Wildman–Crippen LogP) is 6.92. The van der Waals surface area contributed by atoms with Crippen molar-refractivity contribution < 1.29 is 27.5 Å². The molecule has 1 aliphatic rings. The molecule has 1 fully saturated rings. The highest BCUT2D eigenvalue weighted by Crippen LogP contribution is 2.14. The van der Waals surface area contributed by atoms with Crippen molar-refractivity contribution >= 4 is 21.8 Å². The first kappa shape index (κ1) is 31.1. The zero-order chi connectivity index (χ0) is 25.8. The fourth-order valence-electron chi connectivity index (χ4n) is 3.84. The van der Waals surface area contributed by atoms with Crippen molar-refractivity contribution in [1.82, 2.24) is 0 Å². The summed E-state index contributed by atoms with van der Waals surface area (Å²) >= 11 is 0. The molecule has 0 atom stereocenters. The summed E-state index contributed by atoms with van der Waals surface area (Å²) in [4.78, 5) is 24.7. The molecule has 1 aromatic rings. The van der Waals surface area contributed by atoms with Crippen molar-refractivity contribution in [2.75, 3.05) is 24.7 Å². The van der Waals surface area contributed by atoms with E-state index in [0.29, 0.717) is 35.8 Å². The van der Waals surface area contributed by atoms with E-state index in [4.69, 9.17) is 9.47 Å². The first-order chi connectivity index (χ1) is 16.9. The molecule has 200 valence electrons. The van der Waals surface area contributed by atoms with Gasteiger partial charge in [-0.15, -0.1) is 0 Å². The highest BCUT2D eigenvalue weighted by molar-refractivity contribution is 7.91. The number of carbonyl (C=O) groups excluding carboxylic acids is 2. The minimum Gasteiger partial charge on any atom is -0.462 e. The van der Waals surface area contributed by atoms with Gasteiger partial charge in [0.25, 0.3) is 0 Å². The number of carbonyl (C=O) groups is 2. The third-order valence-electron chi connectivity index (χ3n) is 5.99. The van der Waals surface area contributed by atoms with Crippen LogP contribution in [0.1, 0.15) is 124 Å². The number of hydrogen-bond acceptors (Lipinski definition) is 6. The van der Waals surface area contributed by atoms with Crippen LogP contribution in [0.25, 0.3) is 0 Å². The fraction of sp³-hybridized carbons (Fsp3) is 0.714. The predicted molar refractivity (Wildman–Crippen MR) is 142 cm³/mol. The monoisotopic (exact) mass is 510 g/mol. The lowest BCUT2D eigenvalue weighted by Crippen LogP contribution is -2.15. The summed E-state index contributed by atoms with van der Waals surface area (Å²) in [6, 6.07) is 6.74. The molecule has 0 unspecified atom stereocenters. The Morgan fingerprint density at radius 1 is 0.657 bits per heavy atom. The fourth-order valence-corrected chi connectivity index (χ4v) is 5.33. The van der Waals surface area contributed by atoms with E-state index >= 15 is 0 Å². The number of esters is 2. The van der Waals surface area contributed by atoms with Crippen LogP contribution in [0.5, 0.6) is 0 Å². The van der Waals surface area contributed by atoms with E-state index in [1.54, 1.807) is 24.3 Å². The minimum absolute atomic E-state index is 0.293. The Bertz CT molecular complexity index is 757. The Morgan fingerprint density at radius 3 is 1.37 bits per heavy atom. The molecule has 0 radical (unpaired) electrons. The van der Waals surface area contributed by atoms with E-state index in [0.717, 1.165) is 38.5 Å². The largest absolute Gasteiger partial charge is 0.462 e. The van der Waals surface area contributed by atoms with Crippen LogP contribution in [-0.2, 0) is 19.3 Å². The zero-order valence-electron chi connectivity index (χ0n) is 21.9. The van der Waals surface area contributed by atoms with Gasteiger partial charge in [-0.2, -0.15) is 0 Å². The Balaban J connectivity index is 0.000000744. The molecule has 2 rings (SSSR count). The molecule has 0 amide bonds. The van der Waals surface area contributed by atoms with E-state index < -0.39 is 21.8 Å². The van der Waals surface area contributed by atoms with Gasteiger partial charge in [0.05, 0.1) is 35.8 Å². The maximum Gasteiger partial charge on any atom is 0.339 e. The summed E-state index contributed by atoms with van der Waals surface area (Å²) in [6.45, 7) is 5.17. The van der Waals surface area contributed by atoms with E-state index in [2.05, 4.69) is 13.8 Å². The van der Waals surface area contributed by atoms with Crippen molar-refractivity contribution in [2.45, 2.75) is 104 Å². The summed E-state index contributed by atoms with van der Waals surface area (Å²) in [5.74, 6) is -0.0404. The average Bonchev–Trinajstić information content (AvgIpc) is 3.26. The van der Waals surface area contributed by atoms with Gasteiger partial charge in [0, 0.05) is 0 Å². The lowest BCUT2D eigenvalue weighted by molar-refractivity contribution is 0.0450. The van der Waals surface area contributed by atoms with E-state index in [1.165, 1.54) is 51.4 Å². The van der Waals surface area contributed by atoms with Crippen molar-refractivity contribution in [3.63, 3.8) is 0 Å². The van der Waals surface area contributed by atoms with Crippen molar-refractivity contribution in [1.29, 1.82) is 0 Å². The van der Waals surface area contributed by atoms with E-state index in [9.17, 15) is 18.0 Å². The summed E-state index contributed by atoms with van der Waals surface area (Å²) < 4.78 is 31.6. The third-order valence-corrected chi connectivity index (χ3v) is 7.81. The first-order valence-corrected chi connectivity index (χ1v) is 15.4. The van der Waals surface area contributed by atoms with Crippen LogP contribution in [0.2, 0.25) is 0 Å². The number of unbranched alkanes of at least 4 members (excludes halogenated alkanes) is 10. The van der Waals surface area contributed by atoms with Crippen molar-refractivity contribution in [3.8, 4) is 0 Å². The van der Waals surface area contributed by atoms with Crippen molar-refractivity contribution in [3.05, 3.63) is 35.4 Å². The molecule has 0 saturated carbocycles. The van der Waals surface area contributed by atoms with Gasteiger partial charge >= 0.3 is 11.9 Å². The van der Waals surface area contributed by atoms with Gasteiger partial charge in [-0.05, 0) is 37.8 Å². The quantitative estimate of drug-likeness (QED) is 0.177. The number of ether oxygens (including phenoxy) is 2. The van der Waals surface area contributed by atoms with Crippen LogP contribution in [0.3, 0.4) is 0 Å². The second-order valence-corrected chi connectivity index (χ2v) is 11.5. The SMILES string of the molecule is CCCCCCCCOC(=O)c1ccccc1C(=O)OCCCCCCCC.O=S1(=O)CCCC1. The van der Waals surface area contributed by atoms with E-state index in [-0.39, 0.29) is 0 Å². The second kappa shape index (κ2) is 19.3. The highest BCUT2D eigenvalue weighted by Gasteiger charge is 2.19. The number of benzene rings is 1. The molecule has 1 aromatic carbocycles. The highest BCUT2D eigenvalue weighted by atomic mass is 32.2. The maximum atomic E-state index is 12.4. The Kier molecular flexibility index (Phi) is 17.2. The maximum absolute atomic E-state index is 12.4. The molecular formula is C28H46O6S. The molecular weight excluding hydrogens is 464 g/mol. The second-order valence-electron chi connectivity index (χ2n) is 9.21. The molecule has 6 nitrogen and oxygen atoms in total. The Morgan fingerprint density at radius 2 is 1.03 bits per heavy atom. The Hall–Kier alpha value is -1.89. The van der Waals surface area contributed by atoms with Gasteiger partial charge in [0.15, 0.2) is 0 Å². The number of hydrogen-bond donors (Lipinski definition) is 0. The normalized spacial score (nSPS) is 14.1. The standard InChI is InChI=1S/C24H38O4.C4H8O2S/c1-3-5-7-9-11-15-19-27-23(25)21-17-13-14-18-22(21)24(26)28-20-16-12-10-8-6-4-2;5-7(6)3-1-2-4-7/h13-14,17-18H,3-12,15-16,19-20H2,1-2H3;1-4H2. The smallest absolute Gasteiger partial charge is 0.339 e. The molecule has 0 N–H and O–H groups in total. The topological polar surface area (TPSA) is 86.7 Å². The molecule has 7 heteroatoms. The molecule has 1 heterocycles. The van der Waals surface area contributed by atoms with Crippen LogP contribution in [0.4, 0.5) is 0 Å². The first-order valence-electron chi connectivity index (χ1n) is 13.5. The lowest BCUT2D eigenvalue weighted by Gasteiger charge is -2.10. The molecule has 35 heavy (non-hydrogen) atoms. The molecule has 0 spiro atoms. The molecule has 0 aromatic heterocycles. The molecule has 1 saturated heterocycles. The van der Waals surface area contributed by atoms with Gasteiger partial charge in [-0.25, -0.2) is 18.0 Å². The Labute approximate surface area is 213 Å². The van der Waals surface area contributed by atoms with Gasteiger partial charge in [0.2, 0.25) is 0 Å². The van der Waals surface area contributed by atoms with Crippen LogP contribution in [-0.4, -0.2) is 45.1 Å². The molecule has 1 aliphatic heterocycles. The van der Waals surface area contributed by atoms with Gasteiger partial charge in [-0.3, -0.25) is 0 Å². The van der Waals surface area contributed by atoms with E-state index in [1.807, 2.05) is 0 Å². The summed E-state index contributed by atoms with van der Waals surface area (Å²) in [5.41, 5.74) is 0.586. The minimum atomic E-state index is -2.55. The van der Waals surface area contributed by atoms with Crippen LogP contribution in [0.15, 0.2) is 24.3 Å². The van der Waals surface area contributed by atoms with Crippen LogP contribution >= 0.6 is 0 Å². The van der Waals surface area contributed by atoms with Gasteiger partial charge in [-0.1, -0.05) is 90.2 Å². The average molecular weight is 511 g/mol. The molecule has 0 bridgehead atoms. The van der Waals surface area contributed by atoms with Gasteiger partial charge < -0.3 is 9.47 Å². The van der Waals surface area contributed by atoms with Gasteiger partial charge in [0.1, 0.15) is 9.84 Å². The zero-order valence-corrected chi connectivity index (χ0v) is 22.7. The summed E-state index contributed by atoms with van der Waals surface area (Å²) in [6.07, 6.45) is 15.4. The third kappa shape index (κ3) is 15.0. The number of sulfone groups is 1.